The van der Waals surface area contributed by atoms with Crippen LogP contribution in [0.1, 0.15) is 15.9 Å². The standard InChI is InChI=1S/C25H15ClO/c26-21-12-8-17(9-13-21)23(27)15-11-16-4-5-20-7-6-18-2-1-3-19-10-14-22(16)25(20)24(18)19/h1-15H/b15-11+. The molecule has 0 saturated heterocycles. The van der Waals surface area contributed by atoms with Gasteiger partial charge in [0.1, 0.15) is 0 Å². The maximum atomic E-state index is 12.5. The lowest BCUT2D eigenvalue weighted by molar-refractivity contribution is 0.104. The van der Waals surface area contributed by atoms with Crippen LogP contribution in [0.5, 0.6) is 0 Å². The molecule has 2 heteroatoms. The molecular formula is C25H15ClO. The summed E-state index contributed by atoms with van der Waals surface area (Å²) in [7, 11) is 0. The van der Waals surface area contributed by atoms with E-state index in [9.17, 15) is 4.79 Å². The van der Waals surface area contributed by atoms with E-state index >= 15 is 0 Å². The average molecular weight is 367 g/mol. The summed E-state index contributed by atoms with van der Waals surface area (Å²) in [6.07, 6.45) is 3.54. The minimum absolute atomic E-state index is 0.0302. The van der Waals surface area contributed by atoms with Crippen molar-refractivity contribution in [3.8, 4) is 0 Å². The van der Waals surface area contributed by atoms with Crippen molar-refractivity contribution >= 4 is 55.8 Å². The van der Waals surface area contributed by atoms with Gasteiger partial charge < -0.3 is 0 Å². The summed E-state index contributed by atoms with van der Waals surface area (Å²) in [6.45, 7) is 0. The van der Waals surface area contributed by atoms with Crippen molar-refractivity contribution in [1.82, 2.24) is 0 Å². The molecule has 1 nitrogen and oxygen atoms in total. The van der Waals surface area contributed by atoms with Crippen LogP contribution in [0.25, 0.3) is 38.4 Å². The molecule has 0 N–H and O–H groups in total. The normalized spacial score (nSPS) is 11.9. The van der Waals surface area contributed by atoms with Gasteiger partial charge in [-0.2, -0.15) is 0 Å². The van der Waals surface area contributed by atoms with Crippen LogP contribution >= 0.6 is 11.6 Å². The summed E-state index contributed by atoms with van der Waals surface area (Å²) in [4.78, 5) is 12.5. The molecule has 0 spiro atoms. The first-order valence-electron chi connectivity index (χ1n) is 8.85. The van der Waals surface area contributed by atoms with Gasteiger partial charge in [-0.05, 0) is 68.2 Å². The number of ketones is 1. The van der Waals surface area contributed by atoms with Gasteiger partial charge >= 0.3 is 0 Å². The Bertz CT molecular complexity index is 1310. The Labute approximate surface area is 161 Å². The van der Waals surface area contributed by atoms with Gasteiger partial charge in [-0.3, -0.25) is 4.79 Å². The second-order valence-electron chi connectivity index (χ2n) is 6.72. The van der Waals surface area contributed by atoms with E-state index in [-0.39, 0.29) is 5.78 Å². The van der Waals surface area contributed by atoms with Crippen LogP contribution < -0.4 is 0 Å². The third-order valence-electron chi connectivity index (χ3n) is 5.11. The van der Waals surface area contributed by atoms with E-state index in [2.05, 4.69) is 54.6 Å². The zero-order chi connectivity index (χ0) is 18.4. The molecule has 0 amide bonds. The van der Waals surface area contributed by atoms with Crippen molar-refractivity contribution < 1.29 is 4.79 Å². The van der Waals surface area contributed by atoms with Gasteiger partial charge in [0.2, 0.25) is 0 Å². The molecule has 0 atom stereocenters. The van der Waals surface area contributed by atoms with E-state index in [0.29, 0.717) is 10.6 Å². The van der Waals surface area contributed by atoms with Crippen LogP contribution in [0.15, 0.2) is 84.9 Å². The fourth-order valence-electron chi connectivity index (χ4n) is 3.78. The predicted octanol–water partition coefficient (Wildman–Crippen LogP) is 7.13. The Kier molecular flexibility index (Phi) is 3.70. The van der Waals surface area contributed by atoms with E-state index in [1.807, 2.05) is 6.08 Å². The molecule has 5 aromatic carbocycles. The van der Waals surface area contributed by atoms with Crippen LogP contribution in [-0.2, 0) is 0 Å². The minimum atomic E-state index is -0.0302. The van der Waals surface area contributed by atoms with Crippen molar-refractivity contribution in [2.45, 2.75) is 0 Å². The lowest BCUT2D eigenvalue weighted by Crippen LogP contribution is -1.93. The first-order chi connectivity index (χ1) is 13.2. The highest BCUT2D eigenvalue weighted by Gasteiger charge is 2.10. The van der Waals surface area contributed by atoms with E-state index in [1.165, 1.54) is 26.9 Å². The predicted molar refractivity (Wildman–Crippen MR) is 115 cm³/mol. The van der Waals surface area contributed by atoms with Gasteiger partial charge in [-0.25, -0.2) is 0 Å². The number of rotatable bonds is 3. The Morgan fingerprint density at radius 1 is 0.704 bits per heavy atom. The topological polar surface area (TPSA) is 17.1 Å². The Morgan fingerprint density at radius 3 is 2.07 bits per heavy atom. The second kappa shape index (κ2) is 6.22. The molecule has 0 heterocycles. The summed E-state index contributed by atoms with van der Waals surface area (Å²) >= 11 is 5.90. The molecule has 0 aliphatic rings. The Hall–Kier alpha value is -3.16. The highest BCUT2D eigenvalue weighted by molar-refractivity contribution is 6.30. The molecule has 0 aliphatic carbocycles. The summed E-state index contributed by atoms with van der Waals surface area (Å²) < 4.78 is 0. The van der Waals surface area contributed by atoms with Crippen molar-refractivity contribution in [3.05, 3.63) is 101 Å². The van der Waals surface area contributed by atoms with E-state index in [1.54, 1.807) is 30.3 Å². The lowest BCUT2D eigenvalue weighted by Gasteiger charge is -2.12. The average Bonchev–Trinajstić information content (AvgIpc) is 2.71. The van der Waals surface area contributed by atoms with Crippen molar-refractivity contribution in [3.63, 3.8) is 0 Å². The third kappa shape index (κ3) is 2.68. The number of hydrogen-bond donors (Lipinski definition) is 0. The first kappa shape index (κ1) is 16.0. The van der Waals surface area contributed by atoms with Gasteiger partial charge in [-0.15, -0.1) is 0 Å². The number of carbonyl (C=O) groups excluding carboxylic acids is 1. The number of halogens is 1. The molecule has 0 saturated carbocycles. The molecule has 128 valence electrons. The van der Waals surface area contributed by atoms with Gasteiger partial charge in [-0.1, -0.05) is 72.3 Å². The Morgan fingerprint density at radius 2 is 1.33 bits per heavy atom. The summed E-state index contributed by atoms with van der Waals surface area (Å²) in [5, 5.41) is 8.03. The molecule has 0 bridgehead atoms. The van der Waals surface area contributed by atoms with Crippen molar-refractivity contribution in [1.29, 1.82) is 0 Å². The molecule has 0 unspecified atom stereocenters. The van der Waals surface area contributed by atoms with Crippen LogP contribution in [-0.4, -0.2) is 5.78 Å². The van der Waals surface area contributed by atoms with Gasteiger partial charge in [0, 0.05) is 10.6 Å². The SMILES string of the molecule is O=C(/C=C/c1ccc2ccc3cccc4ccc1c2c34)c1ccc(Cl)cc1. The molecule has 5 aromatic rings. The zero-order valence-electron chi connectivity index (χ0n) is 14.4. The van der Waals surface area contributed by atoms with Crippen LogP contribution in [0.4, 0.5) is 0 Å². The summed E-state index contributed by atoms with van der Waals surface area (Å²) in [5.74, 6) is -0.0302. The largest absolute Gasteiger partial charge is 0.289 e. The van der Waals surface area contributed by atoms with E-state index in [4.69, 9.17) is 11.6 Å². The molecule has 0 fully saturated rings. The van der Waals surface area contributed by atoms with Gasteiger partial charge in [0.05, 0.1) is 0 Å². The number of hydrogen-bond acceptors (Lipinski definition) is 1. The quantitative estimate of drug-likeness (QED) is 0.188. The van der Waals surface area contributed by atoms with Gasteiger partial charge in [0.25, 0.3) is 0 Å². The fourth-order valence-corrected chi connectivity index (χ4v) is 3.91. The third-order valence-corrected chi connectivity index (χ3v) is 5.36. The zero-order valence-corrected chi connectivity index (χ0v) is 15.2. The van der Waals surface area contributed by atoms with Crippen LogP contribution in [0.2, 0.25) is 5.02 Å². The number of allylic oxidation sites excluding steroid dienone is 1. The monoisotopic (exact) mass is 366 g/mol. The van der Waals surface area contributed by atoms with Crippen LogP contribution in [0, 0.1) is 0 Å². The molecule has 0 aromatic heterocycles. The first-order valence-corrected chi connectivity index (χ1v) is 9.23. The summed E-state index contributed by atoms with van der Waals surface area (Å²) in [5.41, 5.74) is 1.68. The molecule has 5 rings (SSSR count). The smallest absolute Gasteiger partial charge is 0.185 e. The number of benzene rings is 5. The number of carbonyl (C=O) groups is 1. The lowest BCUT2D eigenvalue weighted by atomic mass is 9.92. The maximum absolute atomic E-state index is 12.5. The maximum Gasteiger partial charge on any atom is 0.185 e. The highest BCUT2D eigenvalue weighted by atomic mass is 35.5. The highest BCUT2D eigenvalue weighted by Crippen LogP contribution is 2.36. The van der Waals surface area contributed by atoms with Gasteiger partial charge in [0.15, 0.2) is 5.78 Å². The molecule has 27 heavy (non-hydrogen) atoms. The van der Waals surface area contributed by atoms with E-state index in [0.717, 1.165) is 10.9 Å². The van der Waals surface area contributed by atoms with Crippen molar-refractivity contribution in [2.24, 2.45) is 0 Å². The second-order valence-corrected chi connectivity index (χ2v) is 7.15. The summed E-state index contributed by atoms with van der Waals surface area (Å²) in [6, 6.07) is 26.2. The Balaban J connectivity index is 1.65. The molecule has 0 radical (unpaired) electrons. The minimum Gasteiger partial charge on any atom is -0.289 e. The van der Waals surface area contributed by atoms with Crippen molar-refractivity contribution in [2.75, 3.05) is 0 Å². The van der Waals surface area contributed by atoms with E-state index < -0.39 is 0 Å². The molecule has 0 aliphatic heterocycles. The fraction of sp³-hybridized carbons (Fsp3) is 0. The molecular weight excluding hydrogens is 352 g/mol. The van der Waals surface area contributed by atoms with Crippen LogP contribution in [0.3, 0.4) is 0 Å².